The average molecular weight is 333 g/mol. The fourth-order valence-electron chi connectivity index (χ4n) is 2.23. The monoisotopic (exact) mass is 333 g/mol. The van der Waals surface area contributed by atoms with E-state index in [0.717, 1.165) is 27.8 Å². The van der Waals surface area contributed by atoms with Gasteiger partial charge < -0.3 is 20.1 Å². The zero-order valence-electron chi connectivity index (χ0n) is 13.1. The Labute approximate surface area is 138 Å². The second kappa shape index (κ2) is 6.55. The zero-order chi connectivity index (χ0) is 16.4. The summed E-state index contributed by atoms with van der Waals surface area (Å²) in [7, 11) is 1.77. The summed E-state index contributed by atoms with van der Waals surface area (Å²) in [6.07, 6.45) is 0.280. The van der Waals surface area contributed by atoms with Gasteiger partial charge in [0.2, 0.25) is 12.7 Å². The highest BCUT2D eigenvalue weighted by molar-refractivity contribution is 7.13. The maximum absolute atomic E-state index is 12.2. The van der Waals surface area contributed by atoms with Crippen LogP contribution in [0.5, 0.6) is 11.5 Å². The fourth-order valence-corrected chi connectivity index (χ4v) is 3.05. The summed E-state index contributed by atoms with van der Waals surface area (Å²) in [5.74, 6) is 1.50. The molecule has 0 bridgehead atoms. The van der Waals surface area contributed by atoms with E-state index in [1.54, 1.807) is 11.9 Å². The van der Waals surface area contributed by atoms with E-state index in [4.69, 9.17) is 15.2 Å². The molecule has 1 aromatic carbocycles. The van der Waals surface area contributed by atoms with Gasteiger partial charge in [-0.15, -0.1) is 11.3 Å². The quantitative estimate of drug-likeness (QED) is 0.904. The number of hydrogen-bond donors (Lipinski definition) is 1. The predicted molar refractivity (Wildman–Crippen MR) is 88.7 cm³/mol. The number of fused-ring (bicyclic) bond motifs is 1. The van der Waals surface area contributed by atoms with E-state index >= 15 is 0 Å². The molecule has 1 aliphatic rings. The third kappa shape index (κ3) is 3.30. The van der Waals surface area contributed by atoms with Crippen molar-refractivity contribution in [2.24, 2.45) is 5.73 Å². The first-order chi connectivity index (χ1) is 11.1. The van der Waals surface area contributed by atoms with Gasteiger partial charge in [-0.3, -0.25) is 4.79 Å². The summed E-state index contributed by atoms with van der Waals surface area (Å²) in [6, 6.07) is 5.76. The molecule has 7 heteroatoms. The number of rotatable bonds is 5. The van der Waals surface area contributed by atoms with Crippen molar-refractivity contribution in [2.75, 3.05) is 20.4 Å². The molecule has 0 aliphatic carbocycles. The molecule has 0 fully saturated rings. The van der Waals surface area contributed by atoms with Gasteiger partial charge in [0.15, 0.2) is 11.5 Å². The van der Waals surface area contributed by atoms with Crippen molar-refractivity contribution in [1.82, 2.24) is 9.88 Å². The van der Waals surface area contributed by atoms with Gasteiger partial charge in [-0.05, 0) is 25.1 Å². The maximum atomic E-state index is 12.2. The molecular formula is C16H19N3O3S. The van der Waals surface area contributed by atoms with Crippen LogP contribution in [0.15, 0.2) is 23.6 Å². The number of ether oxygens (including phenoxy) is 2. The van der Waals surface area contributed by atoms with Crippen molar-refractivity contribution < 1.29 is 14.3 Å². The largest absolute Gasteiger partial charge is 0.454 e. The number of carbonyl (C=O) groups excluding carboxylic acids is 1. The smallest absolute Gasteiger partial charge is 0.231 e. The predicted octanol–water partition coefficient (Wildman–Crippen LogP) is 1.89. The van der Waals surface area contributed by atoms with Crippen LogP contribution in [0.4, 0.5) is 0 Å². The Balaban J connectivity index is 1.72. The molecule has 1 aliphatic heterocycles. The summed E-state index contributed by atoms with van der Waals surface area (Å²) in [6.45, 7) is 2.63. The number of amides is 1. The van der Waals surface area contributed by atoms with Crippen molar-refractivity contribution in [3.05, 3.63) is 29.3 Å². The second-order valence-electron chi connectivity index (χ2n) is 5.48. The minimum absolute atomic E-state index is 0.0190. The van der Waals surface area contributed by atoms with Crippen LogP contribution in [0.2, 0.25) is 0 Å². The molecule has 0 saturated heterocycles. The Hall–Kier alpha value is -2.12. The van der Waals surface area contributed by atoms with Crippen LogP contribution in [0, 0.1) is 0 Å². The first-order valence-electron chi connectivity index (χ1n) is 7.38. The van der Waals surface area contributed by atoms with E-state index in [0.29, 0.717) is 6.54 Å². The van der Waals surface area contributed by atoms with Crippen LogP contribution < -0.4 is 15.2 Å². The lowest BCUT2D eigenvalue weighted by molar-refractivity contribution is -0.130. The van der Waals surface area contributed by atoms with Gasteiger partial charge in [0.05, 0.1) is 12.1 Å². The van der Waals surface area contributed by atoms with E-state index in [9.17, 15) is 4.79 Å². The van der Waals surface area contributed by atoms with Crippen LogP contribution in [0.25, 0.3) is 10.6 Å². The third-order valence-electron chi connectivity index (χ3n) is 3.90. The van der Waals surface area contributed by atoms with Crippen molar-refractivity contribution >= 4 is 17.2 Å². The van der Waals surface area contributed by atoms with Crippen molar-refractivity contribution in [3.8, 4) is 22.1 Å². The molecule has 122 valence electrons. The van der Waals surface area contributed by atoms with E-state index in [1.807, 2.05) is 30.5 Å². The molecule has 23 heavy (non-hydrogen) atoms. The minimum atomic E-state index is 0.0190. The molecule has 0 radical (unpaired) electrons. The fraction of sp³-hybridized carbons (Fsp3) is 0.375. The van der Waals surface area contributed by atoms with Crippen LogP contribution in [0.3, 0.4) is 0 Å². The molecule has 1 atom stereocenters. The van der Waals surface area contributed by atoms with Crippen LogP contribution in [-0.4, -0.2) is 42.2 Å². The van der Waals surface area contributed by atoms with Crippen molar-refractivity contribution in [3.63, 3.8) is 0 Å². The Morgan fingerprint density at radius 3 is 3.00 bits per heavy atom. The molecule has 0 spiro atoms. The van der Waals surface area contributed by atoms with Crippen molar-refractivity contribution in [1.29, 1.82) is 0 Å². The number of carbonyl (C=O) groups is 1. The first kappa shape index (κ1) is 15.8. The third-order valence-corrected chi connectivity index (χ3v) is 4.84. The van der Waals surface area contributed by atoms with E-state index in [1.165, 1.54) is 11.3 Å². The highest BCUT2D eigenvalue weighted by Gasteiger charge is 2.18. The average Bonchev–Trinajstić information content (AvgIpc) is 3.21. The van der Waals surface area contributed by atoms with E-state index < -0.39 is 0 Å². The molecule has 1 unspecified atom stereocenters. The maximum Gasteiger partial charge on any atom is 0.231 e. The molecule has 2 heterocycles. The van der Waals surface area contributed by atoms with E-state index in [2.05, 4.69) is 4.98 Å². The Morgan fingerprint density at radius 1 is 1.43 bits per heavy atom. The molecule has 1 amide bonds. The van der Waals surface area contributed by atoms with Gasteiger partial charge in [-0.25, -0.2) is 4.98 Å². The highest BCUT2D eigenvalue weighted by Crippen LogP contribution is 2.36. The Bertz CT molecular complexity index is 716. The summed E-state index contributed by atoms with van der Waals surface area (Å²) < 4.78 is 10.7. The lowest BCUT2D eigenvalue weighted by Gasteiger charge is -2.23. The van der Waals surface area contributed by atoms with Gasteiger partial charge in [0, 0.05) is 30.6 Å². The number of likely N-dealkylation sites (N-methyl/N-ethyl adjacent to an activating group) is 1. The molecule has 1 aromatic heterocycles. The SMILES string of the molecule is CC(CN)N(C)C(=O)Cc1csc(-c2ccc3c(c2)OCO3)n1. The summed E-state index contributed by atoms with van der Waals surface area (Å²) in [5, 5.41) is 2.78. The Kier molecular flexibility index (Phi) is 4.49. The van der Waals surface area contributed by atoms with Gasteiger partial charge in [0.25, 0.3) is 0 Å². The Morgan fingerprint density at radius 2 is 2.22 bits per heavy atom. The number of hydrogen-bond acceptors (Lipinski definition) is 6. The number of benzene rings is 1. The molecule has 3 rings (SSSR count). The topological polar surface area (TPSA) is 77.7 Å². The lowest BCUT2D eigenvalue weighted by atomic mass is 10.2. The van der Waals surface area contributed by atoms with Crippen LogP contribution in [-0.2, 0) is 11.2 Å². The summed E-state index contributed by atoms with van der Waals surface area (Å²) in [5.41, 5.74) is 7.33. The normalized spacial score (nSPS) is 13.9. The standard InChI is InChI=1S/C16H19N3O3S/c1-10(7-17)19(2)15(20)6-12-8-23-16(18-12)11-3-4-13-14(5-11)22-9-21-13/h3-5,8,10H,6-7,9,17H2,1-2H3. The molecule has 2 N–H and O–H groups in total. The number of nitrogens with zero attached hydrogens (tertiary/aromatic N) is 2. The van der Waals surface area contributed by atoms with Gasteiger partial charge in [-0.1, -0.05) is 0 Å². The first-order valence-corrected chi connectivity index (χ1v) is 8.26. The highest BCUT2D eigenvalue weighted by atomic mass is 32.1. The number of thiazole rings is 1. The van der Waals surface area contributed by atoms with Crippen LogP contribution in [0.1, 0.15) is 12.6 Å². The van der Waals surface area contributed by atoms with E-state index in [-0.39, 0.29) is 25.2 Å². The number of nitrogens with two attached hydrogens (primary N) is 1. The van der Waals surface area contributed by atoms with Crippen molar-refractivity contribution in [2.45, 2.75) is 19.4 Å². The second-order valence-corrected chi connectivity index (χ2v) is 6.34. The minimum Gasteiger partial charge on any atom is -0.454 e. The number of aromatic nitrogens is 1. The molecular weight excluding hydrogens is 314 g/mol. The zero-order valence-corrected chi connectivity index (χ0v) is 13.9. The van der Waals surface area contributed by atoms with Gasteiger partial charge in [-0.2, -0.15) is 0 Å². The molecule has 6 nitrogen and oxygen atoms in total. The molecule has 2 aromatic rings. The lowest BCUT2D eigenvalue weighted by Crippen LogP contribution is -2.40. The van der Waals surface area contributed by atoms with Crippen LogP contribution >= 0.6 is 11.3 Å². The van der Waals surface area contributed by atoms with Gasteiger partial charge >= 0.3 is 0 Å². The summed E-state index contributed by atoms with van der Waals surface area (Å²) in [4.78, 5) is 18.4. The van der Waals surface area contributed by atoms with Gasteiger partial charge in [0.1, 0.15) is 5.01 Å². The molecule has 0 saturated carbocycles. The summed E-state index contributed by atoms with van der Waals surface area (Å²) >= 11 is 1.51.